The molecule has 2 rings (SSSR count). The Hall–Kier alpha value is -2.15. The SMILES string of the molecule is CCOC(=O)c1sc(C(C)NC(=O)c2cccn2C)nc1C. The van der Waals surface area contributed by atoms with Crippen LogP contribution in [0.2, 0.25) is 0 Å². The van der Waals surface area contributed by atoms with E-state index in [1.54, 1.807) is 24.5 Å². The van der Waals surface area contributed by atoms with Gasteiger partial charge in [-0.2, -0.15) is 0 Å². The molecule has 0 saturated carbocycles. The number of carbonyl (C=O) groups is 2. The van der Waals surface area contributed by atoms with Crippen LogP contribution in [0.1, 0.15) is 50.8 Å². The maximum Gasteiger partial charge on any atom is 0.350 e. The van der Waals surface area contributed by atoms with Crippen molar-refractivity contribution in [1.29, 1.82) is 0 Å². The van der Waals surface area contributed by atoms with Gasteiger partial charge in [0.2, 0.25) is 0 Å². The Morgan fingerprint density at radius 1 is 1.50 bits per heavy atom. The average Bonchev–Trinajstić information content (AvgIpc) is 3.05. The van der Waals surface area contributed by atoms with Gasteiger partial charge >= 0.3 is 5.97 Å². The van der Waals surface area contributed by atoms with E-state index in [1.807, 2.05) is 26.2 Å². The van der Waals surface area contributed by atoms with Gasteiger partial charge in [0.25, 0.3) is 5.91 Å². The van der Waals surface area contributed by atoms with Gasteiger partial charge in [0.1, 0.15) is 15.6 Å². The van der Waals surface area contributed by atoms with Crippen molar-refractivity contribution in [3.05, 3.63) is 39.6 Å². The van der Waals surface area contributed by atoms with Crippen LogP contribution in [0.15, 0.2) is 18.3 Å². The lowest BCUT2D eigenvalue weighted by Gasteiger charge is -2.11. The van der Waals surface area contributed by atoms with Crippen molar-refractivity contribution in [1.82, 2.24) is 14.9 Å². The summed E-state index contributed by atoms with van der Waals surface area (Å²) < 4.78 is 6.75. The second-order valence-corrected chi connectivity index (χ2v) is 5.92. The molecule has 2 heterocycles. The van der Waals surface area contributed by atoms with Crippen LogP contribution >= 0.6 is 11.3 Å². The highest BCUT2D eigenvalue weighted by molar-refractivity contribution is 7.13. The van der Waals surface area contributed by atoms with Crippen LogP contribution in [0.3, 0.4) is 0 Å². The first-order chi connectivity index (χ1) is 10.4. The predicted octanol–water partition coefficient (Wildman–Crippen LogP) is 2.46. The van der Waals surface area contributed by atoms with E-state index < -0.39 is 0 Å². The van der Waals surface area contributed by atoms with Gasteiger partial charge in [0, 0.05) is 13.2 Å². The van der Waals surface area contributed by atoms with E-state index in [1.165, 1.54) is 11.3 Å². The highest BCUT2D eigenvalue weighted by atomic mass is 32.1. The number of aromatic nitrogens is 2. The fraction of sp³-hybridized carbons (Fsp3) is 0.400. The first kappa shape index (κ1) is 16.2. The maximum absolute atomic E-state index is 12.2. The van der Waals surface area contributed by atoms with Crippen molar-refractivity contribution >= 4 is 23.2 Å². The number of aryl methyl sites for hydroxylation is 2. The summed E-state index contributed by atoms with van der Waals surface area (Å²) in [6.45, 7) is 5.69. The smallest absolute Gasteiger partial charge is 0.350 e. The normalized spacial score (nSPS) is 12.0. The van der Waals surface area contributed by atoms with Gasteiger partial charge in [-0.25, -0.2) is 9.78 Å². The van der Waals surface area contributed by atoms with E-state index in [0.717, 1.165) is 0 Å². The number of nitrogens with one attached hydrogen (secondary N) is 1. The molecule has 0 aliphatic rings. The molecular weight excluding hydrogens is 302 g/mol. The van der Waals surface area contributed by atoms with E-state index in [0.29, 0.717) is 27.9 Å². The maximum atomic E-state index is 12.2. The van der Waals surface area contributed by atoms with Crippen molar-refractivity contribution in [2.75, 3.05) is 6.61 Å². The molecule has 0 radical (unpaired) electrons. The topological polar surface area (TPSA) is 73.2 Å². The Balaban J connectivity index is 2.12. The number of hydrogen-bond donors (Lipinski definition) is 1. The van der Waals surface area contributed by atoms with Gasteiger partial charge in [-0.1, -0.05) is 0 Å². The molecule has 1 unspecified atom stereocenters. The largest absolute Gasteiger partial charge is 0.462 e. The number of carbonyl (C=O) groups excluding carboxylic acids is 2. The van der Waals surface area contributed by atoms with Crippen LogP contribution in [0.5, 0.6) is 0 Å². The van der Waals surface area contributed by atoms with Crippen molar-refractivity contribution in [3.63, 3.8) is 0 Å². The summed E-state index contributed by atoms with van der Waals surface area (Å²) in [5, 5.41) is 3.57. The van der Waals surface area contributed by atoms with Gasteiger partial charge in [-0.05, 0) is 32.9 Å². The van der Waals surface area contributed by atoms with Gasteiger partial charge in [0.15, 0.2) is 0 Å². The molecule has 2 aromatic heterocycles. The molecule has 0 aliphatic carbocycles. The van der Waals surface area contributed by atoms with Crippen LogP contribution < -0.4 is 5.32 Å². The van der Waals surface area contributed by atoms with Crippen molar-refractivity contribution in [2.24, 2.45) is 7.05 Å². The second kappa shape index (κ2) is 6.74. The lowest BCUT2D eigenvalue weighted by molar-refractivity contribution is 0.0531. The standard InChI is InChI=1S/C15H19N3O3S/c1-5-21-15(20)12-9(2)17-14(22-12)10(3)16-13(19)11-7-6-8-18(11)4/h6-8,10H,5H2,1-4H3,(H,16,19). The van der Waals surface area contributed by atoms with E-state index in [9.17, 15) is 9.59 Å². The van der Waals surface area contributed by atoms with Crippen LogP contribution in [0.4, 0.5) is 0 Å². The minimum atomic E-state index is -0.371. The third-order valence-corrected chi connectivity index (χ3v) is 4.49. The molecule has 6 nitrogen and oxygen atoms in total. The van der Waals surface area contributed by atoms with Crippen molar-refractivity contribution < 1.29 is 14.3 Å². The number of nitrogens with zero attached hydrogens (tertiary/aromatic N) is 2. The van der Waals surface area contributed by atoms with Crippen LogP contribution in [-0.4, -0.2) is 28.0 Å². The predicted molar refractivity (Wildman–Crippen MR) is 84.1 cm³/mol. The summed E-state index contributed by atoms with van der Waals surface area (Å²) >= 11 is 1.25. The fourth-order valence-electron chi connectivity index (χ4n) is 2.02. The lowest BCUT2D eigenvalue weighted by Crippen LogP contribution is -2.28. The van der Waals surface area contributed by atoms with E-state index >= 15 is 0 Å². The van der Waals surface area contributed by atoms with Gasteiger partial charge < -0.3 is 14.6 Å². The molecule has 22 heavy (non-hydrogen) atoms. The molecule has 118 valence electrons. The molecule has 0 saturated heterocycles. The van der Waals surface area contributed by atoms with Gasteiger partial charge in [0.05, 0.1) is 18.3 Å². The molecule has 2 aromatic rings. The first-order valence-corrected chi connectivity index (χ1v) is 7.82. The Bertz CT molecular complexity index is 690. The highest BCUT2D eigenvalue weighted by Crippen LogP contribution is 2.24. The zero-order valence-corrected chi connectivity index (χ0v) is 13.9. The molecule has 1 amide bonds. The van der Waals surface area contributed by atoms with Crippen LogP contribution in [0, 0.1) is 6.92 Å². The van der Waals surface area contributed by atoms with Crippen LogP contribution in [0.25, 0.3) is 0 Å². The highest BCUT2D eigenvalue weighted by Gasteiger charge is 2.21. The monoisotopic (exact) mass is 321 g/mol. The summed E-state index contributed by atoms with van der Waals surface area (Å²) in [4.78, 5) is 28.9. The van der Waals surface area contributed by atoms with Crippen molar-refractivity contribution in [2.45, 2.75) is 26.8 Å². The Kier molecular flexibility index (Phi) is 4.97. The summed E-state index contributed by atoms with van der Waals surface area (Å²) in [5.74, 6) is -0.546. The number of rotatable bonds is 5. The van der Waals surface area contributed by atoms with Gasteiger partial charge in [-0.15, -0.1) is 11.3 Å². The number of esters is 1. The molecular formula is C15H19N3O3S. The summed E-state index contributed by atoms with van der Waals surface area (Å²) in [7, 11) is 1.81. The molecule has 0 aliphatic heterocycles. The number of thiazole rings is 1. The Morgan fingerprint density at radius 2 is 2.23 bits per heavy atom. The summed E-state index contributed by atoms with van der Waals surface area (Å²) in [6, 6.07) is 3.28. The van der Waals surface area contributed by atoms with E-state index in [-0.39, 0.29) is 17.9 Å². The molecule has 0 bridgehead atoms. The van der Waals surface area contributed by atoms with E-state index in [4.69, 9.17) is 4.74 Å². The quantitative estimate of drug-likeness (QED) is 0.859. The first-order valence-electron chi connectivity index (χ1n) is 7.00. The lowest BCUT2D eigenvalue weighted by atomic mass is 10.3. The second-order valence-electron chi connectivity index (χ2n) is 4.89. The fourth-order valence-corrected chi connectivity index (χ4v) is 2.98. The summed E-state index contributed by atoms with van der Waals surface area (Å²) in [6.07, 6.45) is 1.81. The number of ether oxygens (including phenoxy) is 1. The number of hydrogen-bond acceptors (Lipinski definition) is 5. The summed E-state index contributed by atoms with van der Waals surface area (Å²) in [5.41, 5.74) is 1.20. The minimum Gasteiger partial charge on any atom is -0.462 e. The van der Waals surface area contributed by atoms with Crippen molar-refractivity contribution in [3.8, 4) is 0 Å². The Morgan fingerprint density at radius 3 is 2.82 bits per heavy atom. The average molecular weight is 321 g/mol. The molecule has 0 spiro atoms. The zero-order chi connectivity index (χ0) is 16.3. The molecule has 1 N–H and O–H groups in total. The van der Waals surface area contributed by atoms with Gasteiger partial charge in [-0.3, -0.25) is 4.79 Å². The Labute approximate surface area is 133 Å². The third-order valence-electron chi connectivity index (χ3n) is 3.17. The molecule has 0 aromatic carbocycles. The number of amides is 1. The van der Waals surface area contributed by atoms with E-state index in [2.05, 4.69) is 10.3 Å². The van der Waals surface area contributed by atoms with Crippen LogP contribution in [-0.2, 0) is 11.8 Å². The minimum absolute atomic E-state index is 0.175. The molecule has 7 heteroatoms. The molecule has 0 fully saturated rings. The molecule has 1 atom stereocenters. The zero-order valence-electron chi connectivity index (χ0n) is 13.0. The third kappa shape index (κ3) is 3.36.